The minimum atomic E-state index is -0.0548. The lowest BCUT2D eigenvalue weighted by Gasteiger charge is -2.21. The van der Waals surface area contributed by atoms with Crippen LogP contribution in [0.25, 0.3) is 0 Å². The summed E-state index contributed by atoms with van der Waals surface area (Å²) in [4.78, 5) is 11.2. The predicted octanol–water partition coefficient (Wildman–Crippen LogP) is 3.16. The summed E-state index contributed by atoms with van der Waals surface area (Å²) in [6.45, 7) is 4.38. The number of esters is 1. The van der Waals surface area contributed by atoms with E-state index in [1.165, 1.54) is 32.1 Å². The van der Waals surface area contributed by atoms with E-state index in [-0.39, 0.29) is 11.9 Å². The fourth-order valence-corrected chi connectivity index (χ4v) is 1.97. The first kappa shape index (κ1) is 11.5. The fraction of sp³-hybridized carbons (Fsp3) is 0.917. The van der Waals surface area contributed by atoms with E-state index in [2.05, 4.69) is 0 Å². The van der Waals surface area contributed by atoms with E-state index >= 15 is 0 Å². The Hall–Kier alpha value is -0.530. The summed E-state index contributed by atoms with van der Waals surface area (Å²) in [6, 6.07) is 0. The van der Waals surface area contributed by atoms with Gasteiger partial charge in [0.2, 0.25) is 0 Å². The summed E-state index contributed by atoms with van der Waals surface area (Å²) in [7, 11) is 0. The van der Waals surface area contributed by atoms with Crippen molar-refractivity contribution in [3.05, 3.63) is 0 Å². The van der Waals surface area contributed by atoms with Gasteiger partial charge in [-0.3, -0.25) is 4.79 Å². The van der Waals surface area contributed by atoms with Gasteiger partial charge in [-0.1, -0.05) is 46.0 Å². The number of ether oxygens (including phenoxy) is 1. The summed E-state index contributed by atoms with van der Waals surface area (Å²) in [5.74, 6) is 0.769. The molecule has 0 N–H and O–H groups in total. The lowest BCUT2D eigenvalue weighted by atomic mass is 9.87. The van der Waals surface area contributed by atoms with Crippen molar-refractivity contribution in [1.82, 2.24) is 0 Å². The molecule has 0 heterocycles. The van der Waals surface area contributed by atoms with E-state index in [9.17, 15) is 4.79 Å². The monoisotopic (exact) mass is 198 g/mol. The molecule has 2 nitrogen and oxygen atoms in total. The van der Waals surface area contributed by atoms with E-state index in [0.29, 0.717) is 6.61 Å². The molecular weight excluding hydrogens is 176 g/mol. The van der Waals surface area contributed by atoms with Gasteiger partial charge >= 0.3 is 5.97 Å². The molecule has 0 radical (unpaired) electrons. The van der Waals surface area contributed by atoms with Crippen molar-refractivity contribution in [2.75, 3.05) is 6.61 Å². The van der Waals surface area contributed by atoms with Crippen molar-refractivity contribution >= 4 is 5.97 Å². The van der Waals surface area contributed by atoms with E-state index in [1.54, 1.807) is 0 Å². The van der Waals surface area contributed by atoms with Crippen molar-refractivity contribution in [2.24, 2.45) is 11.8 Å². The Labute approximate surface area is 87.0 Å². The molecule has 1 fully saturated rings. The molecule has 0 aromatic heterocycles. The van der Waals surface area contributed by atoms with Crippen LogP contribution in [0.1, 0.15) is 52.4 Å². The lowest BCUT2D eigenvalue weighted by Crippen LogP contribution is -2.15. The van der Waals surface area contributed by atoms with Gasteiger partial charge < -0.3 is 4.74 Å². The molecule has 0 spiro atoms. The average molecular weight is 198 g/mol. The van der Waals surface area contributed by atoms with Gasteiger partial charge in [-0.15, -0.1) is 0 Å². The molecule has 0 saturated heterocycles. The highest BCUT2D eigenvalue weighted by atomic mass is 16.5. The third kappa shape index (κ3) is 4.12. The lowest BCUT2D eigenvalue weighted by molar-refractivity contribution is -0.147. The SMILES string of the molecule is CC(C)C(=O)OCCC1CCCCC1. The Bertz CT molecular complexity index is 169. The fourth-order valence-electron chi connectivity index (χ4n) is 1.97. The van der Waals surface area contributed by atoms with Crippen molar-refractivity contribution < 1.29 is 9.53 Å². The zero-order valence-corrected chi connectivity index (χ0v) is 9.42. The Balaban J connectivity index is 2.05. The molecule has 1 rings (SSSR count). The highest BCUT2D eigenvalue weighted by molar-refractivity contribution is 5.71. The molecule has 2 heteroatoms. The molecule has 0 aromatic carbocycles. The molecule has 0 aliphatic heterocycles. The Morgan fingerprint density at radius 3 is 2.50 bits per heavy atom. The van der Waals surface area contributed by atoms with Gasteiger partial charge in [-0.2, -0.15) is 0 Å². The highest BCUT2D eigenvalue weighted by Gasteiger charge is 2.14. The molecular formula is C12H22O2. The van der Waals surface area contributed by atoms with E-state index < -0.39 is 0 Å². The van der Waals surface area contributed by atoms with Crippen LogP contribution in [0, 0.1) is 11.8 Å². The van der Waals surface area contributed by atoms with Gasteiger partial charge in [-0.25, -0.2) is 0 Å². The van der Waals surface area contributed by atoms with E-state index in [4.69, 9.17) is 4.74 Å². The van der Waals surface area contributed by atoms with Gasteiger partial charge in [0.05, 0.1) is 12.5 Å². The van der Waals surface area contributed by atoms with E-state index in [0.717, 1.165) is 12.3 Å². The van der Waals surface area contributed by atoms with Crippen molar-refractivity contribution in [3.63, 3.8) is 0 Å². The number of carbonyl (C=O) groups excluding carboxylic acids is 1. The minimum absolute atomic E-state index is 0.0151. The van der Waals surface area contributed by atoms with Gasteiger partial charge in [0.15, 0.2) is 0 Å². The zero-order valence-electron chi connectivity index (χ0n) is 9.42. The summed E-state index contributed by atoms with van der Waals surface area (Å²) in [5, 5.41) is 0. The standard InChI is InChI=1S/C12H22O2/c1-10(2)12(13)14-9-8-11-6-4-3-5-7-11/h10-11H,3-9H2,1-2H3. The van der Waals surface area contributed by atoms with Crippen LogP contribution in [0.2, 0.25) is 0 Å². The van der Waals surface area contributed by atoms with Crippen LogP contribution in [-0.4, -0.2) is 12.6 Å². The summed E-state index contributed by atoms with van der Waals surface area (Å²) >= 11 is 0. The minimum Gasteiger partial charge on any atom is -0.465 e. The van der Waals surface area contributed by atoms with Crippen LogP contribution >= 0.6 is 0 Å². The molecule has 0 amide bonds. The van der Waals surface area contributed by atoms with Crippen LogP contribution in [0.5, 0.6) is 0 Å². The zero-order chi connectivity index (χ0) is 10.4. The number of rotatable bonds is 4. The summed E-state index contributed by atoms with van der Waals surface area (Å²) in [6.07, 6.45) is 7.85. The first-order valence-corrected chi connectivity index (χ1v) is 5.87. The normalized spacial score (nSPS) is 18.5. The molecule has 1 aliphatic carbocycles. The van der Waals surface area contributed by atoms with Crippen LogP contribution in [-0.2, 0) is 9.53 Å². The maximum atomic E-state index is 11.2. The Morgan fingerprint density at radius 2 is 1.93 bits per heavy atom. The van der Waals surface area contributed by atoms with Gasteiger partial charge in [0, 0.05) is 0 Å². The van der Waals surface area contributed by atoms with Gasteiger partial charge in [0.25, 0.3) is 0 Å². The predicted molar refractivity (Wildman–Crippen MR) is 57.0 cm³/mol. The van der Waals surface area contributed by atoms with Crippen LogP contribution < -0.4 is 0 Å². The Kier molecular flexibility index (Phi) is 4.99. The second-order valence-electron chi connectivity index (χ2n) is 4.61. The smallest absolute Gasteiger partial charge is 0.308 e. The molecule has 0 atom stereocenters. The number of hydrogen-bond donors (Lipinski definition) is 0. The number of hydrogen-bond acceptors (Lipinski definition) is 2. The van der Waals surface area contributed by atoms with Crippen LogP contribution in [0.15, 0.2) is 0 Å². The average Bonchev–Trinajstić information content (AvgIpc) is 2.19. The number of carbonyl (C=O) groups is 1. The van der Waals surface area contributed by atoms with Crippen molar-refractivity contribution in [2.45, 2.75) is 52.4 Å². The first-order chi connectivity index (χ1) is 6.70. The second-order valence-corrected chi connectivity index (χ2v) is 4.61. The van der Waals surface area contributed by atoms with Crippen LogP contribution in [0.4, 0.5) is 0 Å². The first-order valence-electron chi connectivity index (χ1n) is 5.87. The molecule has 1 aliphatic rings. The molecule has 0 bridgehead atoms. The Morgan fingerprint density at radius 1 is 1.29 bits per heavy atom. The maximum Gasteiger partial charge on any atom is 0.308 e. The second kappa shape index (κ2) is 6.05. The van der Waals surface area contributed by atoms with Gasteiger partial charge in [0.1, 0.15) is 0 Å². The van der Waals surface area contributed by atoms with Crippen LogP contribution in [0.3, 0.4) is 0 Å². The van der Waals surface area contributed by atoms with Crippen molar-refractivity contribution in [1.29, 1.82) is 0 Å². The molecule has 14 heavy (non-hydrogen) atoms. The summed E-state index contributed by atoms with van der Waals surface area (Å²) in [5.41, 5.74) is 0. The topological polar surface area (TPSA) is 26.3 Å². The largest absolute Gasteiger partial charge is 0.465 e. The van der Waals surface area contributed by atoms with E-state index in [1.807, 2.05) is 13.8 Å². The molecule has 0 unspecified atom stereocenters. The molecule has 1 saturated carbocycles. The summed E-state index contributed by atoms with van der Waals surface area (Å²) < 4.78 is 5.17. The highest BCUT2D eigenvalue weighted by Crippen LogP contribution is 2.26. The third-order valence-corrected chi connectivity index (χ3v) is 2.97. The van der Waals surface area contributed by atoms with Gasteiger partial charge in [-0.05, 0) is 12.3 Å². The third-order valence-electron chi connectivity index (χ3n) is 2.97. The quantitative estimate of drug-likeness (QED) is 0.649. The molecule has 82 valence electrons. The molecule has 0 aromatic rings. The maximum absolute atomic E-state index is 11.2. The van der Waals surface area contributed by atoms with Crippen molar-refractivity contribution in [3.8, 4) is 0 Å².